The van der Waals surface area contributed by atoms with Gasteiger partial charge in [0.05, 0.1) is 13.0 Å². The molecule has 5 heteroatoms. The molecule has 0 aliphatic carbocycles. The van der Waals surface area contributed by atoms with E-state index in [-0.39, 0.29) is 12.3 Å². The van der Waals surface area contributed by atoms with Crippen molar-refractivity contribution in [3.05, 3.63) is 0 Å². The monoisotopic (exact) mass is 242 g/mol. The van der Waals surface area contributed by atoms with Crippen LogP contribution < -0.4 is 0 Å². The van der Waals surface area contributed by atoms with E-state index in [9.17, 15) is 9.59 Å². The van der Waals surface area contributed by atoms with Gasteiger partial charge in [-0.2, -0.15) is 0 Å². The number of carboxylic acids is 1. The van der Waals surface area contributed by atoms with Crippen molar-refractivity contribution in [3.8, 4) is 0 Å². The highest BCUT2D eigenvalue weighted by Crippen LogP contribution is 2.15. The highest BCUT2D eigenvalue weighted by molar-refractivity contribution is 5.78. The molecule has 0 aromatic heterocycles. The molecule has 1 saturated heterocycles. The molecule has 1 aliphatic rings. The zero-order valence-electron chi connectivity index (χ0n) is 10.7. The molecule has 0 bridgehead atoms. The number of likely N-dealkylation sites (N-methyl/N-ethyl adjacent to an activating group) is 1. The van der Waals surface area contributed by atoms with E-state index in [1.54, 1.807) is 11.9 Å². The fraction of sp³-hybridized carbons (Fsp3) is 0.833. The molecule has 5 nitrogen and oxygen atoms in total. The van der Waals surface area contributed by atoms with Crippen LogP contribution in [0.15, 0.2) is 0 Å². The lowest BCUT2D eigenvalue weighted by molar-refractivity contribution is -0.138. The quantitative estimate of drug-likeness (QED) is 0.769. The van der Waals surface area contributed by atoms with Crippen molar-refractivity contribution < 1.29 is 14.7 Å². The topological polar surface area (TPSA) is 60.9 Å². The molecular weight excluding hydrogens is 220 g/mol. The van der Waals surface area contributed by atoms with E-state index < -0.39 is 5.97 Å². The van der Waals surface area contributed by atoms with Gasteiger partial charge in [-0.25, -0.2) is 0 Å². The first-order valence-corrected chi connectivity index (χ1v) is 6.17. The zero-order chi connectivity index (χ0) is 12.8. The molecule has 98 valence electrons. The molecule has 0 saturated carbocycles. The number of hydrogen-bond donors (Lipinski definition) is 1. The Morgan fingerprint density at radius 3 is 2.76 bits per heavy atom. The number of piperidine rings is 1. The maximum Gasteiger partial charge on any atom is 0.304 e. The van der Waals surface area contributed by atoms with Crippen molar-refractivity contribution in [2.24, 2.45) is 5.92 Å². The second kappa shape index (κ2) is 6.59. The summed E-state index contributed by atoms with van der Waals surface area (Å²) in [4.78, 5) is 26.0. The Balaban J connectivity index is 2.29. The molecule has 0 aromatic carbocycles. The lowest BCUT2D eigenvalue weighted by Crippen LogP contribution is -2.44. The van der Waals surface area contributed by atoms with Crippen LogP contribution in [0.5, 0.6) is 0 Å². The first-order chi connectivity index (χ1) is 7.99. The molecule has 17 heavy (non-hydrogen) atoms. The predicted octanol–water partition coefficient (Wildman–Crippen LogP) is 0.651. The molecule has 1 amide bonds. The van der Waals surface area contributed by atoms with E-state index in [2.05, 4.69) is 6.92 Å². The molecule has 1 aliphatic heterocycles. The van der Waals surface area contributed by atoms with Crippen molar-refractivity contribution in [1.29, 1.82) is 0 Å². The van der Waals surface area contributed by atoms with Crippen molar-refractivity contribution in [2.75, 3.05) is 33.2 Å². The predicted molar refractivity (Wildman–Crippen MR) is 64.7 cm³/mol. The normalized spacial score (nSPS) is 20.6. The van der Waals surface area contributed by atoms with Crippen LogP contribution in [0.1, 0.15) is 26.2 Å². The van der Waals surface area contributed by atoms with Crippen LogP contribution in [0.25, 0.3) is 0 Å². The molecular formula is C12H22N2O3. The number of aliphatic carboxylic acids is 1. The summed E-state index contributed by atoms with van der Waals surface area (Å²) < 4.78 is 0. The van der Waals surface area contributed by atoms with Gasteiger partial charge in [-0.1, -0.05) is 6.92 Å². The van der Waals surface area contributed by atoms with Crippen LogP contribution in [-0.4, -0.2) is 60.0 Å². The molecule has 1 atom stereocenters. The van der Waals surface area contributed by atoms with Gasteiger partial charge in [0.1, 0.15) is 0 Å². The minimum atomic E-state index is -0.823. The smallest absolute Gasteiger partial charge is 0.304 e. The average Bonchev–Trinajstić information content (AvgIpc) is 2.26. The van der Waals surface area contributed by atoms with Gasteiger partial charge in [0, 0.05) is 19.6 Å². The lowest BCUT2D eigenvalue weighted by Gasteiger charge is -2.32. The first-order valence-electron chi connectivity index (χ1n) is 6.17. The lowest BCUT2D eigenvalue weighted by atomic mass is 10.0. The van der Waals surface area contributed by atoms with Crippen molar-refractivity contribution in [2.45, 2.75) is 26.2 Å². The summed E-state index contributed by atoms with van der Waals surface area (Å²) in [6.45, 7) is 4.58. The maximum absolute atomic E-state index is 11.9. The van der Waals surface area contributed by atoms with E-state index in [1.807, 2.05) is 4.90 Å². The van der Waals surface area contributed by atoms with E-state index >= 15 is 0 Å². The fourth-order valence-electron chi connectivity index (χ4n) is 2.11. The van der Waals surface area contributed by atoms with Crippen LogP contribution in [0.4, 0.5) is 0 Å². The number of carbonyl (C=O) groups is 2. The summed E-state index contributed by atoms with van der Waals surface area (Å²) in [7, 11) is 1.79. The summed E-state index contributed by atoms with van der Waals surface area (Å²) in [6.07, 6.45) is 2.35. The Morgan fingerprint density at radius 1 is 1.47 bits per heavy atom. The van der Waals surface area contributed by atoms with Crippen LogP contribution in [-0.2, 0) is 9.59 Å². The number of carbonyl (C=O) groups excluding carboxylic acids is 1. The van der Waals surface area contributed by atoms with Gasteiger partial charge in [0.15, 0.2) is 0 Å². The van der Waals surface area contributed by atoms with Crippen LogP contribution >= 0.6 is 0 Å². The average molecular weight is 242 g/mol. The van der Waals surface area contributed by atoms with Crippen molar-refractivity contribution in [1.82, 2.24) is 9.80 Å². The standard InChI is InChI=1S/C12H22N2O3/c1-10-4-3-6-14(8-10)11(15)9-13(2)7-5-12(16)17/h10H,3-9H2,1-2H3,(H,16,17). The van der Waals surface area contributed by atoms with Gasteiger partial charge in [0.25, 0.3) is 0 Å². The Hall–Kier alpha value is -1.10. The molecule has 1 unspecified atom stereocenters. The van der Waals surface area contributed by atoms with Gasteiger partial charge in [0.2, 0.25) is 5.91 Å². The number of carboxylic acid groups (broad SMARTS) is 1. The fourth-order valence-corrected chi connectivity index (χ4v) is 2.11. The summed E-state index contributed by atoms with van der Waals surface area (Å²) >= 11 is 0. The van der Waals surface area contributed by atoms with Crippen molar-refractivity contribution >= 4 is 11.9 Å². The van der Waals surface area contributed by atoms with E-state index in [0.717, 1.165) is 19.5 Å². The second-order valence-corrected chi connectivity index (χ2v) is 4.97. The summed E-state index contributed by atoms with van der Waals surface area (Å²) in [5.74, 6) is -0.127. The molecule has 1 rings (SSSR count). The van der Waals surface area contributed by atoms with Gasteiger partial charge < -0.3 is 10.0 Å². The zero-order valence-corrected chi connectivity index (χ0v) is 10.7. The van der Waals surface area contributed by atoms with E-state index in [0.29, 0.717) is 19.0 Å². The van der Waals surface area contributed by atoms with E-state index in [1.165, 1.54) is 6.42 Å². The van der Waals surface area contributed by atoms with Crippen LogP contribution in [0, 0.1) is 5.92 Å². The number of likely N-dealkylation sites (tertiary alicyclic amines) is 1. The Bertz CT molecular complexity index is 281. The van der Waals surface area contributed by atoms with Crippen LogP contribution in [0.3, 0.4) is 0 Å². The number of hydrogen-bond acceptors (Lipinski definition) is 3. The molecule has 1 N–H and O–H groups in total. The molecule has 0 radical (unpaired) electrons. The maximum atomic E-state index is 11.9. The second-order valence-electron chi connectivity index (χ2n) is 4.97. The molecule has 0 aromatic rings. The van der Waals surface area contributed by atoms with Gasteiger partial charge >= 0.3 is 5.97 Å². The first kappa shape index (κ1) is 14.0. The minimum absolute atomic E-state index is 0.0835. The van der Waals surface area contributed by atoms with Gasteiger partial charge in [-0.05, 0) is 25.8 Å². The Labute approximate surface area is 102 Å². The molecule has 1 fully saturated rings. The summed E-state index contributed by atoms with van der Waals surface area (Å²) in [6, 6.07) is 0. The van der Waals surface area contributed by atoms with E-state index in [4.69, 9.17) is 5.11 Å². The minimum Gasteiger partial charge on any atom is -0.481 e. The summed E-state index contributed by atoms with van der Waals surface area (Å²) in [5.41, 5.74) is 0. The Morgan fingerprint density at radius 2 is 2.18 bits per heavy atom. The molecule has 1 heterocycles. The number of rotatable bonds is 5. The SMILES string of the molecule is CC1CCCN(C(=O)CN(C)CCC(=O)O)C1. The largest absolute Gasteiger partial charge is 0.481 e. The van der Waals surface area contributed by atoms with Crippen molar-refractivity contribution in [3.63, 3.8) is 0 Å². The highest BCUT2D eigenvalue weighted by atomic mass is 16.4. The third kappa shape index (κ3) is 5.17. The third-order valence-corrected chi connectivity index (χ3v) is 3.12. The Kier molecular flexibility index (Phi) is 5.41. The molecule has 0 spiro atoms. The third-order valence-electron chi connectivity index (χ3n) is 3.12. The number of amides is 1. The highest BCUT2D eigenvalue weighted by Gasteiger charge is 2.21. The van der Waals surface area contributed by atoms with Crippen LogP contribution in [0.2, 0.25) is 0 Å². The number of nitrogens with zero attached hydrogens (tertiary/aromatic N) is 2. The van der Waals surface area contributed by atoms with Gasteiger partial charge in [-0.3, -0.25) is 14.5 Å². The van der Waals surface area contributed by atoms with Gasteiger partial charge in [-0.15, -0.1) is 0 Å². The summed E-state index contributed by atoms with van der Waals surface area (Å²) in [5, 5.41) is 8.56.